The number of azide groups is 1. The third-order valence-electron chi connectivity index (χ3n) is 6.05. The minimum Gasteiger partial charge on any atom is -0.356 e. The van der Waals surface area contributed by atoms with Gasteiger partial charge in [0.25, 0.3) is 0 Å². The maximum Gasteiger partial charge on any atom is 0.220 e. The van der Waals surface area contributed by atoms with E-state index in [2.05, 4.69) is 59.5 Å². The molecule has 1 aliphatic rings. The van der Waals surface area contributed by atoms with Crippen LogP contribution in [0.25, 0.3) is 10.4 Å². The van der Waals surface area contributed by atoms with E-state index in [1.54, 1.807) is 0 Å². The summed E-state index contributed by atoms with van der Waals surface area (Å²) in [6.45, 7) is 15.0. The standard InChI is InChI=1S/C24H51N11O2/c1-24(19-29-14-11-26-7-3-8-27-12-15-30-20-24)21-31-16-13-28-17-18-33-23(37)6-2-5-22(36)32-9-4-10-34-35-25/h26-31H,2-21H2,1H3,(H,32,36)(H,33,37). The third-order valence-corrected chi connectivity index (χ3v) is 6.05. The fraction of sp³-hybridized carbons (Fsp3) is 0.917. The van der Waals surface area contributed by atoms with Gasteiger partial charge >= 0.3 is 0 Å². The number of carbonyl (C=O) groups excluding carboxylic acids is 2. The minimum absolute atomic E-state index is 0.0387. The molecule has 0 aliphatic carbocycles. The largest absolute Gasteiger partial charge is 0.356 e. The van der Waals surface area contributed by atoms with Crippen molar-refractivity contribution in [1.29, 1.82) is 0 Å². The van der Waals surface area contributed by atoms with Gasteiger partial charge in [0, 0.05) is 108 Å². The molecule has 13 heteroatoms. The molecule has 0 aromatic rings. The zero-order valence-electron chi connectivity index (χ0n) is 22.8. The maximum atomic E-state index is 11.9. The summed E-state index contributed by atoms with van der Waals surface area (Å²) in [5.41, 5.74) is 8.32. The number of carbonyl (C=O) groups is 2. The summed E-state index contributed by atoms with van der Waals surface area (Å²) in [6.07, 6.45) is 2.94. The SMILES string of the molecule is CC1(CNCCNCCNC(=O)CCCC(=O)NCCCN=[N+]=[N-])CNCCNCCCNCCNC1. The molecule has 37 heavy (non-hydrogen) atoms. The third kappa shape index (κ3) is 20.7. The van der Waals surface area contributed by atoms with Crippen molar-refractivity contribution < 1.29 is 9.59 Å². The molecule has 0 spiro atoms. The van der Waals surface area contributed by atoms with Crippen LogP contribution >= 0.6 is 0 Å². The second kappa shape index (κ2) is 23.2. The molecule has 0 bridgehead atoms. The van der Waals surface area contributed by atoms with Crippen LogP contribution in [0, 0.1) is 5.41 Å². The lowest BCUT2D eigenvalue weighted by molar-refractivity contribution is -0.122. The van der Waals surface area contributed by atoms with Crippen molar-refractivity contribution >= 4 is 11.8 Å². The average molecular weight is 526 g/mol. The Bertz CT molecular complexity index is 630. The summed E-state index contributed by atoms with van der Waals surface area (Å²) in [6, 6.07) is 0. The minimum atomic E-state index is -0.0837. The second-order valence-electron chi connectivity index (χ2n) is 9.81. The zero-order chi connectivity index (χ0) is 26.9. The quantitative estimate of drug-likeness (QED) is 0.0549. The Hall–Kier alpha value is -1.99. The normalized spacial score (nSPS) is 17.2. The highest BCUT2D eigenvalue weighted by Gasteiger charge is 2.23. The predicted molar refractivity (Wildman–Crippen MR) is 148 cm³/mol. The summed E-state index contributed by atoms with van der Waals surface area (Å²) >= 11 is 0. The van der Waals surface area contributed by atoms with Crippen LogP contribution in [0.1, 0.15) is 39.0 Å². The van der Waals surface area contributed by atoms with Crippen LogP contribution in [0.2, 0.25) is 0 Å². The van der Waals surface area contributed by atoms with Gasteiger partial charge in [0.15, 0.2) is 0 Å². The molecule has 1 heterocycles. The molecule has 1 fully saturated rings. The molecule has 214 valence electrons. The molecular weight excluding hydrogens is 474 g/mol. The van der Waals surface area contributed by atoms with Gasteiger partial charge in [-0.25, -0.2) is 0 Å². The highest BCUT2D eigenvalue weighted by molar-refractivity contribution is 5.78. The van der Waals surface area contributed by atoms with Crippen LogP contribution in [0.3, 0.4) is 0 Å². The fourth-order valence-corrected chi connectivity index (χ4v) is 3.90. The van der Waals surface area contributed by atoms with Gasteiger partial charge in [-0.05, 0) is 37.9 Å². The fourth-order valence-electron chi connectivity index (χ4n) is 3.90. The second-order valence-corrected chi connectivity index (χ2v) is 9.81. The molecule has 13 nitrogen and oxygen atoms in total. The van der Waals surface area contributed by atoms with Crippen molar-refractivity contribution in [3.05, 3.63) is 10.4 Å². The van der Waals surface area contributed by atoms with Gasteiger partial charge in [0.1, 0.15) is 0 Å². The Morgan fingerprint density at radius 3 is 2.00 bits per heavy atom. The van der Waals surface area contributed by atoms with Crippen LogP contribution in [-0.2, 0) is 9.59 Å². The van der Waals surface area contributed by atoms with Gasteiger partial charge < -0.3 is 42.5 Å². The van der Waals surface area contributed by atoms with Gasteiger partial charge in [-0.15, -0.1) is 0 Å². The molecule has 0 saturated carbocycles. The van der Waals surface area contributed by atoms with Gasteiger partial charge in [0.2, 0.25) is 11.8 Å². The molecule has 0 aromatic carbocycles. The highest BCUT2D eigenvalue weighted by atomic mass is 16.2. The predicted octanol–water partition coefficient (Wildman–Crippen LogP) is -0.963. The van der Waals surface area contributed by atoms with Crippen molar-refractivity contribution in [2.24, 2.45) is 10.5 Å². The number of amides is 2. The Labute approximate surface area is 222 Å². The summed E-state index contributed by atoms with van der Waals surface area (Å²) in [4.78, 5) is 26.3. The van der Waals surface area contributed by atoms with Crippen molar-refractivity contribution in [3.8, 4) is 0 Å². The number of rotatable bonds is 16. The molecule has 0 unspecified atom stereocenters. The van der Waals surface area contributed by atoms with E-state index < -0.39 is 0 Å². The Kier molecular flexibility index (Phi) is 20.7. The van der Waals surface area contributed by atoms with E-state index >= 15 is 0 Å². The Morgan fingerprint density at radius 1 is 0.784 bits per heavy atom. The van der Waals surface area contributed by atoms with E-state index in [-0.39, 0.29) is 17.2 Å². The average Bonchev–Trinajstić information content (AvgIpc) is 2.88. The van der Waals surface area contributed by atoms with Crippen LogP contribution < -0.4 is 42.5 Å². The molecule has 1 saturated heterocycles. The molecule has 8 N–H and O–H groups in total. The molecule has 0 radical (unpaired) electrons. The number of nitrogens with one attached hydrogen (secondary N) is 8. The molecule has 1 rings (SSSR count). The lowest BCUT2D eigenvalue weighted by Crippen LogP contribution is -2.49. The van der Waals surface area contributed by atoms with E-state index in [9.17, 15) is 9.59 Å². The smallest absolute Gasteiger partial charge is 0.220 e. The first-order chi connectivity index (χ1) is 18.1. The van der Waals surface area contributed by atoms with Crippen LogP contribution in [0.15, 0.2) is 5.11 Å². The van der Waals surface area contributed by atoms with Crippen molar-refractivity contribution in [2.45, 2.75) is 39.0 Å². The first-order valence-corrected chi connectivity index (χ1v) is 13.8. The van der Waals surface area contributed by atoms with Gasteiger partial charge in [-0.3, -0.25) is 9.59 Å². The first-order valence-electron chi connectivity index (χ1n) is 13.8. The van der Waals surface area contributed by atoms with E-state index in [0.717, 1.165) is 78.4 Å². The summed E-state index contributed by atoms with van der Waals surface area (Å²) in [5, 5.41) is 30.1. The van der Waals surface area contributed by atoms with Crippen LogP contribution in [0.5, 0.6) is 0 Å². The summed E-state index contributed by atoms with van der Waals surface area (Å²) < 4.78 is 0. The van der Waals surface area contributed by atoms with E-state index in [1.165, 1.54) is 0 Å². The van der Waals surface area contributed by atoms with Crippen molar-refractivity contribution in [3.63, 3.8) is 0 Å². The summed E-state index contributed by atoms with van der Waals surface area (Å²) in [7, 11) is 0. The molecule has 2 amide bonds. The van der Waals surface area contributed by atoms with Crippen molar-refractivity contribution in [1.82, 2.24) is 42.5 Å². The van der Waals surface area contributed by atoms with E-state index in [0.29, 0.717) is 51.9 Å². The lowest BCUT2D eigenvalue weighted by Gasteiger charge is -2.31. The maximum absolute atomic E-state index is 11.9. The topological polar surface area (TPSA) is 179 Å². The van der Waals surface area contributed by atoms with E-state index in [1.807, 2.05) is 0 Å². The van der Waals surface area contributed by atoms with E-state index in [4.69, 9.17) is 5.53 Å². The number of nitrogens with zero attached hydrogens (tertiary/aromatic N) is 3. The first kappa shape index (κ1) is 33.0. The highest BCUT2D eigenvalue weighted by Crippen LogP contribution is 2.12. The molecule has 1 aliphatic heterocycles. The van der Waals surface area contributed by atoms with Gasteiger partial charge in [0.05, 0.1) is 0 Å². The number of hydrogen-bond donors (Lipinski definition) is 8. The molecule has 0 aromatic heterocycles. The van der Waals surface area contributed by atoms with Gasteiger partial charge in [-0.2, -0.15) is 0 Å². The number of hydrogen-bond acceptors (Lipinski definition) is 9. The summed E-state index contributed by atoms with van der Waals surface area (Å²) in [5.74, 6) is -0.122. The van der Waals surface area contributed by atoms with Crippen LogP contribution in [-0.4, -0.2) is 110 Å². The Balaban J connectivity index is 2.04. The van der Waals surface area contributed by atoms with Crippen molar-refractivity contribution in [2.75, 3.05) is 98.2 Å². The van der Waals surface area contributed by atoms with Crippen LogP contribution in [0.4, 0.5) is 0 Å². The molecular formula is C24H51N11O2. The van der Waals surface area contributed by atoms with Gasteiger partial charge in [-0.1, -0.05) is 12.0 Å². The molecule has 0 atom stereocenters. The zero-order valence-corrected chi connectivity index (χ0v) is 22.8. The lowest BCUT2D eigenvalue weighted by atomic mass is 9.90. The monoisotopic (exact) mass is 525 g/mol. The Morgan fingerprint density at radius 2 is 1.35 bits per heavy atom.